The molecule has 2 atom stereocenters. The summed E-state index contributed by atoms with van der Waals surface area (Å²) in [5.41, 5.74) is 20.6. The minimum atomic E-state index is -4.22. The molecule has 0 saturated heterocycles. The predicted octanol–water partition coefficient (Wildman–Crippen LogP) is 12.6. The van der Waals surface area contributed by atoms with Crippen LogP contribution < -0.4 is 3.27 Å². The monoisotopic (exact) mass is 846 g/mol. The molecule has 11 rings (SSSR count). The van der Waals surface area contributed by atoms with Crippen LogP contribution in [-0.4, -0.2) is 6.88 Å². The Hall–Kier alpha value is -3.78. The first-order chi connectivity index (χ1) is 25.8. The van der Waals surface area contributed by atoms with E-state index >= 15 is 0 Å². The van der Waals surface area contributed by atoms with Gasteiger partial charge in [0.2, 0.25) is 0 Å². The fraction of sp³-hybridized carbons (Fsp3) is 0.176. The second-order valence-corrected chi connectivity index (χ2v) is 43.4. The van der Waals surface area contributed by atoms with Crippen LogP contribution in [-0.2, 0) is 43.1 Å². The van der Waals surface area contributed by atoms with Crippen molar-refractivity contribution in [2.24, 2.45) is 0 Å². The van der Waals surface area contributed by atoms with E-state index in [1.807, 2.05) is 0 Å². The molecule has 0 radical (unpaired) electrons. The van der Waals surface area contributed by atoms with Crippen LogP contribution in [0.2, 0.25) is 4.63 Å². The molecule has 7 aromatic carbocycles. The number of benzene rings is 7. The van der Waals surface area contributed by atoms with Crippen molar-refractivity contribution in [2.45, 2.75) is 51.4 Å². The van der Waals surface area contributed by atoms with E-state index in [1.54, 1.807) is 14.4 Å². The third kappa shape index (κ3) is 5.04. The summed E-state index contributed by atoms with van der Waals surface area (Å²) >= 11 is -4.22. The Morgan fingerprint density at radius 2 is 0.873 bits per heavy atom. The van der Waals surface area contributed by atoms with Crippen molar-refractivity contribution < 1.29 is 17.4 Å². The first-order valence-electron chi connectivity index (χ1n) is 19.6. The van der Waals surface area contributed by atoms with Gasteiger partial charge in [0, 0.05) is 0 Å². The van der Waals surface area contributed by atoms with Crippen LogP contribution in [0.15, 0.2) is 139 Å². The smallest absolute Gasteiger partial charge is 0.147 e. The minimum Gasteiger partial charge on any atom is -0.147 e. The van der Waals surface area contributed by atoms with Gasteiger partial charge in [0.15, 0.2) is 0 Å². The van der Waals surface area contributed by atoms with Crippen LogP contribution in [0.5, 0.6) is 0 Å². The number of allylic oxidation sites excluding steroid dienone is 2. The van der Waals surface area contributed by atoms with E-state index in [9.17, 15) is 0 Å². The zero-order chi connectivity index (χ0) is 35.7. The van der Waals surface area contributed by atoms with Crippen molar-refractivity contribution in [1.29, 1.82) is 0 Å². The minimum absolute atomic E-state index is 0. The maximum Gasteiger partial charge on any atom is -0.147 e. The SMILES string of the molecule is CC1=Cc2c(-c3ccc4c5c(cccc35)CC4)cccc2[CH]1[Zr]([CH3])(=[SiH2])([c]1ccccc1)[CH]1C(C)=Cc2c(-c3ccc4c5c(cccc35)CC4)cccc21.Cl.Cl. The van der Waals surface area contributed by atoms with Crippen LogP contribution in [0.3, 0.4) is 0 Å². The van der Waals surface area contributed by atoms with Crippen LogP contribution >= 0.6 is 24.8 Å². The van der Waals surface area contributed by atoms with Crippen LogP contribution in [0.1, 0.15) is 65.6 Å². The topological polar surface area (TPSA) is 0 Å². The number of aryl methyl sites for hydroxylation is 4. The number of rotatable bonds is 5. The third-order valence-corrected chi connectivity index (χ3v) is 37.9. The molecule has 272 valence electrons. The second-order valence-electron chi connectivity index (χ2n) is 17.1. The molecule has 0 fully saturated rings. The van der Waals surface area contributed by atoms with Crippen LogP contribution in [0, 0.1) is 0 Å². The molecule has 7 aromatic rings. The molecule has 0 N–H and O–H groups in total. The van der Waals surface area contributed by atoms with Crippen molar-refractivity contribution in [3.8, 4) is 22.3 Å². The van der Waals surface area contributed by atoms with Crippen LogP contribution in [0.4, 0.5) is 0 Å². The first kappa shape index (κ1) is 36.8. The van der Waals surface area contributed by atoms with E-state index in [0.29, 0.717) is 7.25 Å². The van der Waals surface area contributed by atoms with Crippen molar-refractivity contribution in [3.63, 3.8) is 0 Å². The normalized spacial score (nSPS) is 17.7. The summed E-state index contributed by atoms with van der Waals surface area (Å²) in [6.45, 7) is 7.37. The molecule has 0 bridgehead atoms. The van der Waals surface area contributed by atoms with Gasteiger partial charge < -0.3 is 0 Å². The summed E-state index contributed by atoms with van der Waals surface area (Å²) < 4.78 is 5.20. The molecule has 4 heteroatoms. The van der Waals surface area contributed by atoms with Crippen molar-refractivity contribution >= 4 is 68.7 Å². The van der Waals surface area contributed by atoms with Gasteiger partial charge in [-0.15, -0.1) is 24.8 Å². The fourth-order valence-electron chi connectivity index (χ4n) is 12.1. The number of hydrogen-bond donors (Lipinski definition) is 0. The number of fused-ring (bicyclic) bond motifs is 2. The van der Waals surface area contributed by atoms with Gasteiger partial charge in [-0.05, 0) is 0 Å². The predicted molar refractivity (Wildman–Crippen MR) is 241 cm³/mol. The number of hydrogen-bond acceptors (Lipinski definition) is 0. The van der Waals surface area contributed by atoms with Gasteiger partial charge in [-0.2, -0.15) is 0 Å². The van der Waals surface area contributed by atoms with E-state index in [-0.39, 0.29) is 24.8 Å². The Morgan fingerprint density at radius 3 is 1.33 bits per heavy atom. The fourth-order valence-corrected chi connectivity index (χ4v) is 37.3. The third-order valence-electron chi connectivity index (χ3n) is 14.1. The molecule has 2 unspecified atom stereocenters. The van der Waals surface area contributed by atoms with Crippen LogP contribution in [0.25, 0.3) is 56.0 Å². The zero-order valence-corrected chi connectivity index (χ0v) is 37.3. The summed E-state index contributed by atoms with van der Waals surface area (Å²) in [7, 11) is 0. The maximum absolute atomic E-state index is 4.22. The maximum atomic E-state index is 2.81. The van der Waals surface area contributed by atoms with Gasteiger partial charge in [-0.1, -0.05) is 0 Å². The van der Waals surface area contributed by atoms with Gasteiger partial charge in [-0.3, -0.25) is 0 Å². The zero-order valence-electron chi connectivity index (χ0n) is 31.8. The molecule has 0 aromatic heterocycles. The molecule has 0 aliphatic heterocycles. The van der Waals surface area contributed by atoms with Gasteiger partial charge >= 0.3 is 318 Å². The van der Waals surface area contributed by atoms with Gasteiger partial charge in [0.05, 0.1) is 0 Å². The molecule has 4 aliphatic rings. The summed E-state index contributed by atoms with van der Waals surface area (Å²) in [6, 6.07) is 49.9. The number of halogens is 2. The van der Waals surface area contributed by atoms with E-state index < -0.39 is 17.4 Å². The second kappa shape index (κ2) is 13.1. The Labute approximate surface area is 340 Å². The van der Waals surface area contributed by atoms with Crippen molar-refractivity contribution in [1.82, 2.24) is 0 Å². The molecule has 0 amide bonds. The Morgan fingerprint density at radius 1 is 0.455 bits per heavy atom. The Bertz CT molecular complexity index is 2710. The molecule has 0 saturated carbocycles. The Kier molecular flexibility index (Phi) is 8.80. The largest absolute Gasteiger partial charge is 0.147 e. The first-order valence-corrected chi connectivity index (χ1v) is 32.1. The van der Waals surface area contributed by atoms with E-state index in [4.69, 9.17) is 0 Å². The molecule has 0 nitrogen and oxygen atoms in total. The van der Waals surface area contributed by atoms with Gasteiger partial charge in [-0.25, -0.2) is 0 Å². The summed E-state index contributed by atoms with van der Waals surface area (Å²) in [5, 5.41) is 5.83. The molecule has 0 spiro atoms. The molecular weight excluding hydrogens is 803 g/mol. The summed E-state index contributed by atoms with van der Waals surface area (Å²) in [5.74, 6) is 0. The average Bonchev–Trinajstić information content (AvgIpc) is 3.96. The van der Waals surface area contributed by atoms with Gasteiger partial charge in [0.1, 0.15) is 0 Å². The molecule has 55 heavy (non-hydrogen) atoms. The summed E-state index contributed by atoms with van der Waals surface area (Å²) in [6.07, 6.45) is 9.81. The average molecular weight is 849 g/mol. The standard InChI is InChI=1S/2C22H17.C6H5.CH3.2ClH.H2Si.Zr/c2*1-14-12-17-5-3-6-18(21(17)13-14)19-11-10-16-9-8-15-4-2-7-20(19)22(15)16;1-2-4-6-5-3-1;;;;;/h2*2-7,10-13H,8-9H2,1H3;1-5H;1H3;2*1H;1H2;. The van der Waals surface area contributed by atoms with E-state index in [1.165, 1.54) is 88.3 Å². The van der Waals surface area contributed by atoms with E-state index in [2.05, 4.69) is 165 Å². The summed E-state index contributed by atoms with van der Waals surface area (Å²) in [4.78, 5) is 0. The van der Waals surface area contributed by atoms with Gasteiger partial charge in [0.25, 0.3) is 0 Å². The molecule has 4 aliphatic carbocycles. The van der Waals surface area contributed by atoms with Crippen molar-refractivity contribution in [2.75, 3.05) is 0 Å². The van der Waals surface area contributed by atoms with E-state index in [0.717, 1.165) is 25.7 Å². The Balaban J connectivity index is 0.00000198. The molecule has 0 heterocycles. The quantitative estimate of drug-likeness (QED) is 0.151. The van der Waals surface area contributed by atoms with Crippen molar-refractivity contribution in [3.05, 3.63) is 183 Å². The molecular formula is C51H46Cl2SiZr.